The first-order chi connectivity index (χ1) is 8.22. The van der Waals surface area contributed by atoms with Gasteiger partial charge in [-0.05, 0) is 17.7 Å². The average Bonchev–Trinajstić information content (AvgIpc) is 2.32. The fourth-order valence-electron chi connectivity index (χ4n) is 1.21. The largest absolute Gasteiger partial charge is 0.382 e. The fraction of sp³-hybridized carbons (Fsp3) is 0.417. The van der Waals surface area contributed by atoms with Crippen molar-refractivity contribution in [1.29, 1.82) is 0 Å². The SMILES string of the molecule is COCCOCC(=O)NCc1cccc(Br)c1. The summed E-state index contributed by atoms with van der Waals surface area (Å²) in [7, 11) is 1.59. The van der Waals surface area contributed by atoms with E-state index in [0.717, 1.165) is 10.0 Å². The molecule has 0 bridgehead atoms. The van der Waals surface area contributed by atoms with E-state index in [4.69, 9.17) is 9.47 Å². The molecule has 5 heteroatoms. The first-order valence-electron chi connectivity index (χ1n) is 5.30. The summed E-state index contributed by atoms with van der Waals surface area (Å²) >= 11 is 3.38. The second-order valence-corrected chi connectivity index (χ2v) is 4.37. The lowest BCUT2D eigenvalue weighted by molar-refractivity contribution is -0.126. The summed E-state index contributed by atoms with van der Waals surface area (Å²) in [4.78, 5) is 11.4. The topological polar surface area (TPSA) is 47.6 Å². The molecule has 1 aromatic carbocycles. The van der Waals surface area contributed by atoms with Crippen molar-refractivity contribution in [3.8, 4) is 0 Å². The molecule has 0 aliphatic rings. The van der Waals surface area contributed by atoms with E-state index in [9.17, 15) is 4.79 Å². The van der Waals surface area contributed by atoms with Crippen LogP contribution >= 0.6 is 15.9 Å². The maximum Gasteiger partial charge on any atom is 0.246 e. The van der Waals surface area contributed by atoms with Crippen LogP contribution in [0.15, 0.2) is 28.7 Å². The molecule has 0 aliphatic heterocycles. The summed E-state index contributed by atoms with van der Waals surface area (Å²) in [6.45, 7) is 1.50. The summed E-state index contributed by atoms with van der Waals surface area (Å²) in [6, 6.07) is 7.79. The zero-order chi connectivity index (χ0) is 12.5. The molecule has 0 aromatic heterocycles. The number of carbonyl (C=O) groups excluding carboxylic acids is 1. The lowest BCUT2D eigenvalue weighted by Crippen LogP contribution is -2.27. The Hall–Kier alpha value is -0.910. The van der Waals surface area contributed by atoms with Crippen molar-refractivity contribution in [3.05, 3.63) is 34.3 Å². The maximum absolute atomic E-state index is 11.4. The van der Waals surface area contributed by atoms with Crippen LogP contribution in [0.2, 0.25) is 0 Å². The van der Waals surface area contributed by atoms with Crippen molar-refractivity contribution in [2.24, 2.45) is 0 Å². The van der Waals surface area contributed by atoms with Gasteiger partial charge >= 0.3 is 0 Å². The van der Waals surface area contributed by atoms with Crippen LogP contribution < -0.4 is 5.32 Å². The van der Waals surface area contributed by atoms with Crippen LogP contribution in [-0.2, 0) is 20.8 Å². The van der Waals surface area contributed by atoms with Gasteiger partial charge < -0.3 is 14.8 Å². The minimum atomic E-state index is -0.124. The van der Waals surface area contributed by atoms with E-state index >= 15 is 0 Å². The molecule has 0 heterocycles. The Morgan fingerprint density at radius 1 is 1.41 bits per heavy atom. The molecule has 0 unspecified atom stereocenters. The average molecular weight is 302 g/mol. The Morgan fingerprint density at radius 3 is 2.94 bits per heavy atom. The molecule has 94 valence electrons. The van der Waals surface area contributed by atoms with Gasteiger partial charge in [-0.3, -0.25) is 4.79 Å². The number of methoxy groups -OCH3 is 1. The zero-order valence-corrected chi connectivity index (χ0v) is 11.3. The lowest BCUT2D eigenvalue weighted by atomic mass is 10.2. The predicted octanol–water partition coefficient (Wildman–Crippen LogP) is 1.73. The smallest absolute Gasteiger partial charge is 0.246 e. The number of ether oxygens (including phenoxy) is 2. The van der Waals surface area contributed by atoms with Gasteiger partial charge in [0.05, 0.1) is 13.2 Å². The monoisotopic (exact) mass is 301 g/mol. The van der Waals surface area contributed by atoms with Crippen molar-refractivity contribution in [2.45, 2.75) is 6.54 Å². The fourth-order valence-corrected chi connectivity index (χ4v) is 1.65. The van der Waals surface area contributed by atoms with Crippen LogP contribution in [-0.4, -0.2) is 32.8 Å². The number of amides is 1. The summed E-state index contributed by atoms with van der Waals surface area (Å²) in [6.07, 6.45) is 0. The molecule has 17 heavy (non-hydrogen) atoms. The van der Waals surface area contributed by atoms with Crippen LogP contribution in [0.4, 0.5) is 0 Å². The minimum Gasteiger partial charge on any atom is -0.382 e. The van der Waals surface area contributed by atoms with E-state index < -0.39 is 0 Å². The maximum atomic E-state index is 11.4. The summed E-state index contributed by atoms with van der Waals surface area (Å²) in [5.41, 5.74) is 1.05. The van der Waals surface area contributed by atoms with Gasteiger partial charge in [-0.1, -0.05) is 28.1 Å². The zero-order valence-electron chi connectivity index (χ0n) is 9.74. The van der Waals surface area contributed by atoms with Crippen LogP contribution in [0.5, 0.6) is 0 Å². The van der Waals surface area contributed by atoms with E-state index in [2.05, 4.69) is 21.2 Å². The summed E-state index contributed by atoms with van der Waals surface area (Å²) in [5.74, 6) is -0.124. The summed E-state index contributed by atoms with van der Waals surface area (Å²) in [5, 5.41) is 2.78. The van der Waals surface area contributed by atoms with E-state index in [1.165, 1.54) is 0 Å². The Bertz CT molecular complexity index is 357. The van der Waals surface area contributed by atoms with E-state index in [0.29, 0.717) is 19.8 Å². The normalized spacial score (nSPS) is 10.2. The first kappa shape index (κ1) is 14.2. The van der Waals surface area contributed by atoms with Gasteiger partial charge in [0.2, 0.25) is 5.91 Å². The summed E-state index contributed by atoms with van der Waals surface area (Å²) < 4.78 is 10.9. The standard InChI is InChI=1S/C12H16BrNO3/c1-16-5-6-17-9-12(15)14-8-10-3-2-4-11(13)7-10/h2-4,7H,5-6,8-9H2,1H3,(H,14,15). The van der Waals surface area contributed by atoms with Gasteiger partial charge in [-0.2, -0.15) is 0 Å². The molecular formula is C12H16BrNO3. The second-order valence-electron chi connectivity index (χ2n) is 3.45. The minimum absolute atomic E-state index is 0.0668. The highest BCUT2D eigenvalue weighted by atomic mass is 79.9. The predicted molar refractivity (Wildman–Crippen MR) is 68.7 cm³/mol. The number of hydrogen-bond acceptors (Lipinski definition) is 3. The third-order valence-corrected chi connectivity index (χ3v) is 2.54. The first-order valence-corrected chi connectivity index (χ1v) is 6.09. The number of benzene rings is 1. The van der Waals surface area contributed by atoms with Crippen molar-refractivity contribution in [1.82, 2.24) is 5.32 Å². The number of nitrogens with one attached hydrogen (secondary N) is 1. The number of rotatable bonds is 7. The van der Waals surface area contributed by atoms with Crippen molar-refractivity contribution in [2.75, 3.05) is 26.9 Å². The quantitative estimate of drug-likeness (QED) is 0.780. The van der Waals surface area contributed by atoms with E-state index in [1.54, 1.807) is 7.11 Å². The van der Waals surface area contributed by atoms with Gasteiger partial charge in [0.15, 0.2) is 0 Å². The van der Waals surface area contributed by atoms with Crippen LogP contribution in [0.1, 0.15) is 5.56 Å². The molecule has 0 fully saturated rings. The van der Waals surface area contributed by atoms with Gasteiger partial charge in [-0.15, -0.1) is 0 Å². The van der Waals surface area contributed by atoms with Crippen LogP contribution in [0, 0.1) is 0 Å². The van der Waals surface area contributed by atoms with Crippen LogP contribution in [0.3, 0.4) is 0 Å². The third-order valence-electron chi connectivity index (χ3n) is 2.04. The molecule has 0 saturated heterocycles. The highest BCUT2D eigenvalue weighted by Crippen LogP contribution is 2.11. The molecule has 1 N–H and O–H groups in total. The molecule has 1 aromatic rings. The molecular weight excluding hydrogens is 286 g/mol. The third kappa shape index (κ3) is 6.41. The highest BCUT2D eigenvalue weighted by Gasteiger charge is 2.01. The Kier molecular flexibility index (Phi) is 6.84. The Balaban J connectivity index is 2.19. The van der Waals surface area contributed by atoms with Crippen molar-refractivity contribution < 1.29 is 14.3 Å². The molecule has 0 saturated carbocycles. The molecule has 0 spiro atoms. The van der Waals surface area contributed by atoms with Crippen LogP contribution in [0.25, 0.3) is 0 Å². The number of halogens is 1. The van der Waals surface area contributed by atoms with Gasteiger partial charge in [-0.25, -0.2) is 0 Å². The number of carbonyl (C=O) groups is 1. The van der Waals surface area contributed by atoms with Crippen molar-refractivity contribution in [3.63, 3.8) is 0 Å². The molecule has 0 atom stereocenters. The second kappa shape index (κ2) is 8.22. The number of hydrogen-bond donors (Lipinski definition) is 1. The molecule has 1 rings (SSSR count). The Labute approximate surface area is 109 Å². The van der Waals surface area contributed by atoms with E-state index in [1.807, 2.05) is 24.3 Å². The van der Waals surface area contributed by atoms with Gasteiger partial charge in [0, 0.05) is 18.1 Å². The molecule has 4 nitrogen and oxygen atoms in total. The van der Waals surface area contributed by atoms with Crippen molar-refractivity contribution >= 4 is 21.8 Å². The molecule has 1 amide bonds. The van der Waals surface area contributed by atoms with Gasteiger partial charge in [0.1, 0.15) is 6.61 Å². The highest BCUT2D eigenvalue weighted by molar-refractivity contribution is 9.10. The lowest BCUT2D eigenvalue weighted by Gasteiger charge is -2.06. The Morgan fingerprint density at radius 2 is 2.24 bits per heavy atom. The molecule has 0 radical (unpaired) electrons. The molecule has 0 aliphatic carbocycles. The van der Waals surface area contributed by atoms with E-state index in [-0.39, 0.29) is 12.5 Å². The van der Waals surface area contributed by atoms with Gasteiger partial charge in [0.25, 0.3) is 0 Å².